The fourth-order valence-electron chi connectivity index (χ4n) is 4.23. The van der Waals surface area contributed by atoms with E-state index in [0.717, 1.165) is 48.6 Å². The summed E-state index contributed by atoms with van der Waals surface area (Å²) in [6.45, 7) is 9.95. The predicted molar refractivity (Wildman–Crippen MR) is 113 cm³/mol. The van der Waals surface area contributed by atoms with Gasteiger partial charge in [0.1, 0.15) is 0 Å². The monoisotopic (exact) mass is 397 g/mol. The highest BCUT2D eigenvalue weighted by molar-refractivity contribution is 5.94. The quantitative estimate of drug-likeness (QED) is 0.794. The summed E-state index contributed by atoms with van der Waals surface area (Å²) < 4.78 is 1.83. The number of aryl methyl sites for hydroxylation is 1. The molecule has 2 heterocycles. The zero-order valence-corrected chi connectivity index (χ0v) is 17.9. The molecule has 1 fully saturated rings. The minimum absolute atomic E-state index is 0.0893. The molecule has 0 aliphatic carbocycles. The van der Waals surface area contributed by atoms with Gasteiger partial charge in [-0.25, -0.2) is 4.68 Å². The number of hydrogen-bond donors (Lipinski definition) is 1. The van der Waals surface area contributed by atoms with Crippen LogP contribution in [-0.2, 0) is 11.2 Å². The molecule has 1 N–H and O–H groups in total. The van der Waals surface area contributed by atoms with E-state index >= 15 is 0 Å². The number of aromatic nitrogens is 2. The van der Waals surface area contributed by atoms with Gasteiger partial charge in [-0.1, -0.05) is 13.8 Å². The van der Waals surface area contributed by atoms with E-state index in [9.17, 15) is 9.59 Å². The lowest BCUT2D eigenvalue weighted by molar-refractivity contribution is -0.136. The summed E-state index contributed by atoms with van der Waals surface area (Å²) in [5.74, 6) is -0.720. The Labute approximate surface area is 172 Å². The Morgan fingerprint density at radius 3 is 2.52 bits per heavy atom. The predicted octanol–water partition coefficient (Wildman–Crippen LogP) is 4.16. The van der Waals surface area contributed by atoms with E-state index in [2.05, 4.69) is 18.9 Å². The van der Waals surface area contributed by atoms with Crippen LogP contribution < -0.4 is 0 Å². The van der Waals surface area contributed by atoms with Gasteiger partial charge in [0.15, 0.2) is 0 Å². The first-order chi connectivity index (χ1) is 13.7. The van der Waals surface area contributed by atoms with E-state index in [1.54, 1.807) is 0 Å². The minimum atomic E-state index is -0.809. The number of amides is 1. The molecule has 0 bridgehead atoms. The molecule has 0 saturated carbocycles. The van der Waals surface area contributed by atoms with Gasteiger partial charge < -0.3 is 10.0 Å². The summed E-state index contributed by atoms with van der Waals surface area (Å²) in [4.78, 5) is 25.9. The molecule has 6 heteroatoms. The minimum Gasteiger partial charge on any atom is -0.481 e. The lowest BCUT2D eigenvalue weighted by Gasteiger charge is -2.40. The fraction of sp³-hybridized carbons (Fsp3) is 0.522. The Morgan fingerprint density at radius 1 is 1.21 bits per heavy atom. The van der Waals surface area contributed by atoms with Gasteiger partial charge in [0.05, 0.1) is 11.4 Å². The number of benzene rings is 1. The van der Waals surface area contributed by atoms with Gasteiger partial charge in [0.25, 0.3) is 5.91 Å². The largest absolute Gasteiger partial charge is 0.481 e. The van der Waals surface area contributed by atoms with E-state index in [4.69, 9.17) is 5.11 Å². The molecule has 1 saturated heterocycles. The van der Waals surface area contributed by atoms with Gasteiger partial charge >= 0.3 is 5.97 Å². The summed E-state index contributed by atoms with van der Waals surface area (Å²) in [6, 6.07) is 7.55. The van der Waals surface area contributed by atoms with Crippen LogP contribution in [0.4, 0.5) is 0 Å². The SMILES string of the molecule is CC[C@@]1(C)CCCN(C(=O)c2ccc(-n3nc(C)c(CCC(=O)O)c3C)cc2)C1. The number of carbonyl (C=O) groups is 2. The fourth-order valence-corrected chi connectivity index (χ4v) is 4.23. The summed E-state index contributed by atoms with van der Waals surface area (Å²) in [7, 11) is 0. The third-order valence-corrected chi connectivity index (χ3v) is 6.31. The molecule has 0 unspecified atom stereocenters. The molecule has 1 aromatic heterocycles. The number of aliphatic carboxylic acids is 1. The molecular formula is C23H31N3O3. The Kier molecular flexibility index (Phi) is 6.10. The van der Waals surface area contributed by atoms with Crippen LogP contribution in [0.3, 0.4) is 0 Å². The second-order valence-electron chi connectivity index (χ2n) is 8.50. The van der Waals surface area contributed by atoms with Crippen molar-refractivity contribution in [3.05, 3.63) is 46.8 Å². The summed E-state index contributed by atoms with van der Waals surface area (Å²) in [6.07, 6.45) is 3.87. The van der Waals surface area contributed by atoms with E-state index in [1.165, 1.54) is 6.42 Å². The number of carboxylic acid groups (broad SMARTS) is 1. The van der Waals surface area contributed by atoms with Crippen LogP contribution in [0.15, 0.2) is 24.3 Å². The van der Waals surface area contributed by atoms with Crippen LogP contribution in [-0.4, -0.2) is 44.8 Å². The average molecular weight is 398 g/mol. The van der Waals surface area contributed by atoms with Crippen LogP contribution >= 0.6 is 0 Å². The molecule has 1 atom stereocenters. The maximum absolute atomic E-state index is 13.0. The first-order valence-electron chi connectivity index (χ1n) is 10.4. The molecule has 0 spiro atoms. The van der Waals surface area contributed by atoms with Crippen molar-refractivity contribution in [2.75, 3.05) is 13.1 Å². The zero-order chi connectivity index (χ0) is 21.2. The third-order valence-electron chi connectivity index (χ3n) is 6.31. The van der Waals surface area contributed by atoms with Gasteiger partial charge in [0, 0.05) is 30.8 Å². The third kappa shape index (κ3) is 4.52. The Morgan fingerprint density at radius 2 is 1.90 bits per heavy atom. The highest BCUT2D eigenvalue weighted by atomic mass is 16.4. The number of carboxylic acids is 1. The van der Waals surface area contributed by atoms with Crippen molar-refractivity contribution in [2.24, 2.45) is 5.41 Å². The second-order valence-corrected chi connectivity index (χ2v) is 8.50. The topological polar surface area (TPSA) is 75.4 Å². The molecule has 2 aromatic rings. The number of piperidine rings is 1. The number of nitrogens with zero attached hydrogens (tertiary/aromatic N) is 3. The molecule has 0 radical (unpaired) electrons. The molecule has 156 valence electrons. The first-order valence-corrected chi connectivity index (χ1v) is 10.4. The molecule has 6 nitrogen and oxygen atoms in total. The van der Waals surface area contributed by atoms with E-state index in [1.807, 2.05) is 47.7 Å². The molecule has 29 heavy (non-hydrogen) atoms. The smallest absolute Gasteiger partial charge is 0.303 e. The maximum Gasteiger partial charge on any atom is 0.303 e. The van der Waals surface area contributed by atoms with Gasteiger partial charge in [0.2, 0.25) is 0 Å². The van der Waals surface area contributed by atoms with Crippen molar-refractivity contribution < 1.29 is 14.7 Å². The van der Waals surface area contributed by atoms with Crippen molar-refractivity contribution in [2.45, 2.75) is 59.8 Å². The highest BCUT2D eigenvalue weighted by Gasteiger charge is 2.31. The lowest BCUT2D eigenvalue weighted by atomic mass is 9.79. The molecule has 1 aromatic carbocycles. The van der Waals surface area contributed by atoms with Crippen molar-refractivity contribution in [1.29, 1.82) is 0 Å². The van der Waals surface area contributed by atoms with Gasteiger partial charge in [-0.15, -0.1) is 0 Å². The number of carbonyl (C=O) groups excluding carboxylic acids is 1. The van der Waals surface area contributed by atoms with Crippen molar-refractivity contribution in [1.82, 2.24) is 14.7 Å². The summed E-state index contributed by atoms with van der Waals surface area (Å²) in [5, 5.41) is 13.5. The Hall–Kier alpha value is -2.63. The molecular weight excluding hydrogens is 366 g/mol. The average Bonchev–Trinajstić information content (AvgIpc) is 2.99. The van der Waals surface area contributed by atoms with Crippen LogP contribution in [0.25, 0.3) is 5.69 Å². The highest BCUT2D eigenvalue weighted by Crippen LogP contribution is 2.33. The molecule has 1 aliphatic rings. The first kappa shape index (κ1) is 21.1. The molecule has 3 rings (SSSR count). The number of rotatable bonds is 6. The second kappa shape index (κ2) is 8.39. The van der Waals surface area contributed by atoms with Crippen molar-refractivity contribution in [3.8, 4) is 5.69 Å². The van der Waals surface area contributed by atoms with Gasteiger partial charge in [-0.05, 0) is 74.8 Å². The lowest BCUT2D eigenvalue weighted by Crippen LogP contribution is -2.44. The number of hydrogen-bond acceptors (Lipinski definition) is 3. The standard InChI is InChI=1S/C23H31N3O3/c1-5-23(4)13-6-14-25(15-23)22(29)18-7-9-19(10-8-18)26-17(3)20(16(2)24-26)11-12-21(27)28/h7-10H,5-6,11-15H2,1-4H3,(H,27,28)/t23-/m0/s1. The van der Waals surface area contributed by atoms with Crippen molar-refractivity contribution >= 4 is 11.9 Å². The summed E-state index contributed by atoms with van der Waals surface area (Å²) >= 11 is 0. The van der Waals surface area contributed by atoms with Gasteiger partial charge in [-0.3, -0.25) is 9.59 Å². The zero-order valence-electron chi connectivity index (χ0n) is 17.9. The Bertz CT molecular complexity index is 901. The molecule has 1 aliphatic heterocycles. The van der Waals surface area contributed by atoms with Crippen molar-refractivity contribution in [3.63, 3.8) is 0 Å². The van der Waals surface area contributed by atoms with Crippen LogP contribution in [0, 0.1) is 19.3 Å². The maximum atomic E-state index is 13.0. The van der Waals surface area contributed by atoms with Crippen LogP contribution in [0.5, 0.6) is 0 Å². The van der Waals surface area contributed by atoms with Gasteiger partial charge in [-0.2, -0.15) is 5.10 Å². The van der Waals surface area contributed by atoms with E-state index in [0.29, 0.717) is 12.0 Å². The van der Waals surface area contributed by atoms with E-state index in [-0.39, 0.29) is 17.7 Å². The summed E-state index contributed by atoms with van der Waals surface area (Å²) in [5.41, 5.74) is 4.54. The molecule has 1 amide bonds. The number of likely N-dealkylation sites (tertiary alicyclic amines) is 1. The normalized spacial score (nSPS) is 19.4. The van der Waals surface area contributed by atoms with Crippen LogP contribution in [0.1, 0.15) is 66.8 Å². The Balaban J connectivity index is 1.78. The van der Waals surface area contributed by atoms with Crippen LogP contribution in [0.2, 0.25) is 0 Å². The van der Waals surface area contributed by atoms with E-state index < -0.39 is 5.97 Å².